The second-order valence-corrected chi connectivity index (χ2v) is 9.86. The summed E-state index contributed by atoms with van der Waals surface area (Å²) >= 11 is 6.11. The van der Waals surface area contributed by atoms with Gasteiger partial charge in [0, 0.05) is 23.8 Å². The molecule has 2 heteroatoms. The molecule has 1 aromatic rings. The van der Waals surface area contributed by atoms with Crippen LogP contribution >= 0.6 is 11.6 Å². The Morgan fingerprint density at radius 3 is 2.52 bits per heavy atom. The second-order valence-electron chi connectivity index (χ2n) is 9.42. The molecule has 1 aliphatic carbocycles. The molecule has 1 aromatic carbocycles. The Balaban J connectivity index is 1.79. The summed E-state index contributed by atoms with van der Waals surface area (Å²) in [5.74, 6) is 2.30. The molecule has 0 bridgehead atoms. The van der Waals surface area contributed by atoms with Gasteiger partial charge in [-0.25, -0.2) is 0 Å². The zero-order chi connectivity index (χ0) is 21.0. The van der Waals surface area contributed by atoms with Gasteiger partial charge in [-0.05, 0) is 79.2 Å². The average molecular weight is 412 g/mol. The van der Waals surface area contributed by atoms with Crippen LogP contribution in [0, 0.1) is 17.8 Å². The van der Waals surface area contributed by atoms with Crippen LogP contribution in [0.15, 0.2) is 54.3 Å². The number of allylic oxidation sites excluding steroid dienone is 1. The van der Waals surface area contributed by atoms with Gasteiger partial charge in [0.05, 0.1) is 0 Å². The molecule has 0 saturated heterocycles. The Hall–Kier alpha value is -1.47. The van der Waals surface area contributed by atoms with Gasteiger partial charge in [-0.1, -0.05) is 75.6 Å². The fourth-order valence-electron chi connectivity index (χ4n) is 5.16. The number of hydrogen-bond donors (Lipinski definition) is 0. The largest absolute Gasteiger partial charge is 0.370 e. The van der Waals surface area contributed by atoms with Crippen LogP contribution in [-0.2, 0) is 0 Å². The van der Waals surface area contributed by atoms with Crippen LogP contribution in [0.2, 0.25) is 5.02 Å². The molecular weight excluding hydrogens is 374 g/mol. The van der Waals surface area contributed by atoms with Crippen LogP contribution in [0.1, 0.15) is 71.3 Å². The highest BCUT2D eigenvalue weighted by molar-refractivity contribution is 6.30. The van der Waals surface area contributed by atoms with Gasteiger partial charge in [-0.15, -0.1) is 0 Å². The minimum absolute atomic E-state index is 0.599. The molecule has 2 aliphatic rings. The lowest BCUT2D eigenvalue weighted by atomic mass is 9.82. The van der Waals surface area contributed by atoms with Gasteiger partial charge in [0.25, 0.3) is 0 Å². The van der Waals surface area contributed by atoms with E-state index < -0.39 is 0 Å². The zero-order valence-corrected chi connectivity index (χ0v) is 19.4. The molecule has 1 nitrogen and oxygen atoms in total. The number of hydrogen-bond acceptors (Lipinski definition) is 1. The van der Waals surface area contributed by atoms with Crippen LogP contribution in [0.4, 0.5) is 0 Å². The van der Waals surface area contributed by atoms with E-state index in [9.17, 15) is 0 Å². The number of rotatable bonds is 8. The topological polar surface area (TPSA) is 3.24 Å². The van der Waals surface area contributed by atoms with Crippen molar-refractivity contribution in [3.63, 3.8) is 0 Å². The Kier molecular flexibility index (Phi) is 7.68. The van der Waals surface area contributed by atoms with Crippen molar-refractivity contribution < 1.29 is 0 Å². The molecule has 0 aromatic heterocycles. The molecule has 0 N–H and O–H groups in total. The van der Waals surface area contributed by atoms with Gasteiger partial charge in [-0.2, -0.15) is 0 Å². The third-order valence-electron chi connectivity index (χ3n) is 7.12. The maximum absolute atomic E-state index is 6.11. The van der Waals surface area contributed by atoms with Crippen molar-refractivity contribution in [1.29, 1.82) is 0 Å². The maximum Gasteiger partial charge on any atom is 0.0432 e. The van der Waals surface area contributed by atoms with Gasteiger partial charge in [-0.3, -0.25) is 0 Å². The van der Waals surface area contributed by atoms with E-state index in [1.54, 1.807) is 0 Å². The van der Waals surface area contributed by atoms with Crippen LogP contribution in [0.3, 0.4) is 0 Å². The number of halogens is 1. The number of benzene rings is 1. The van der Waals surface area contributed by atoms with E-state index in [2.05, 4.69) is 51.0 Å². The Bertz CT molecular complexity index is 757. The molecule has 0 radical (unpaired) electrons. The summed E-state index contributed by atoms with van der Waals surface area (Å²) in [4.78, 5) is 2.56. The number of nitrogens with zero attached hydrogens (tertiary/aromatic N) is 1. The normalized spacial score (nSPS) is 24.8. The predicted molar refractivity (Wildman–Crippen MR) is 128 cm³/mol. The average Bonchev–Trinajstić information content (AvgIpc) is 3.11. The van der Waals surface area contributed by atoms with Crippen LogP contribution in [0.25, 0.3) is 5.57 Å². The van der Waals surface area contributed by atoms with E-state index in [-0.39, 0.29) is 0 Å². The van der Waals surface area contributed by atoms with Gasteiger partial charge in [0.15, 0.2) is 0 Å². The summed E-state index contributed by atoms with van der Waals surface area (Å²) < 4.78 is 0. The summed E-state index contributed by atoms with van der Waals surface area (Å²) in [6.45, 7) is 18.1. The van der Waals surface area contributed by atoms with Crippen molar-refractivity contribution >= 4 is 17.2 Å². The summed E-state index contributed by atoms with van der Waals surface area (Å²) in [7, 11) is 0. The zero-order valence-electron chi connectivity index (χ0n) is 18.6. The summed E-state index contributed by atoms with van der Waals surface area (Å²) in [6.07, 6.45) is 9.06. The first-order chi connectivity index (χ1) is 13.9. The van der Waals surface area contributed by atoms with Crippen molar-refractivity contribution in [2.24, 2.45) is 17.8 Å². The Morgan fingerprint density at radius 1 is 1.17 bits per heavy atom. The maximum atomic E-state index is 6.11. The van der Waals surface area contributed by atoms with E-state index >= 15 is 0 Å². The SMILES string of the molecule is C=C(C1=C(C)C(CCCC)CN(C(=C)CC2CCC(C)C2)C1)c1ccc(Cl)cc1. The van der Waals surface area contributed by atoms with Crippen molar-refractivity contribution in [3.8, 4) is 0 Å². The third kappa shape index (κ3) is 5.57. The highest BCUT2D eigenvalue weighted by Crippen LogP contribution is 2.39. The van der Waals surface area contributed by atoms with Crippen LogP contribution < -0.4 is 0 Å². The summed E-state index contributed by atoms with van der Waals surface area (Å²) in [5, 5.41) is 0.775. The monoisotopic (exact) mass is 411 g/mol. The highest BCUT2D eigenvalue weighted by atomic mass is 35.5. The molecule has 1 heterocycles. The van der Waals surface area contributed by atoms with E-state index in [0.717, 1.165) is 41.9 Å². The molecule has 3 atom stereocenters. The molecule has 0 spiro atoms. The number of unbranched alkanes of at least 4 members (excludes halogenated alkanes) is 1. The highest BCUT2D eigenvalue weighted by Gasteiger charge is 2.29. The summed E-state index contributed by atoms with van der Waals surface area (Å²) in [6, 6.07) is 8.12. The molecule has 3 rings (SSSR count). The van der Waals surface area contributed by atoms with Gasteiger partial charge < -0.3 is 4.90 Å². The molecule has 0 amide bonds. The fraction of sp³-hybridized carbons (Fsp3) is 0.556. The second kappa shape index (κ2) is 10.0. The molecule has 1 aliphatic heterocycles. The Labute approximate surface area is 183 Å². The third-order valence-corrected chi connectivity index (χ3v) is 7.37. The van der Waals surface area contributed by atoms with Crippen molar-refractivity contribution in [2.45, 2.75) is 65.7 Å². The molecule has 1 fully saturated rings. The minimum Gasteiger partial charge on any atom is -0.370 e. The van der Waals surface area contributed by atoms with Gasteiger partial charge >= 0.3 is 0 Å². The van der Waals surface area contributed by atoms with E-state index in [1.807, 2.05) is 12.1 Å². The van der Waals surface area contributed by atoms with Crippen molar-refractivity contribution in [3.05, 3.63) is 64.9 Å². The summed E-state index contributed by atoms with van der Waals surface area (Å²) in [5.41, 5.74) is 6.58. The standard InChI is InChI=1S/C27H38ClN/c1-6-7-8-25-17-29(20(3)16-23-10-9-19(2)15-23)18-27(22(25)5)21(4)24-11-13-26(28)14-12-24/h11-14,19,23,25H,3-4,6-10,15-18H2,1-2,5H3. The van der Waals surface area contributed by atoms with Crippen molar-refractivity contribution in [2.75, 3.05) is 13.1 Å². The molecule has 158 valence electrons. The first-order valence-electron chi connectivity index (χ1n) is 11.5. The van der Waals surface area contributed by atoms with Gasteiger partial charge in [0.2, 0.25) is 0 Å². The van der Waals surface area contributed by atoms with Crippen molar-refractivity contribution in [1.82, 2.24) is 4.90 Å². The van der Waals surface area contributed by atoms with E-state index in [0.29, 0.717) is 5.92 Å². The van der Waals surface area contributed by atoms with E-state index in [4.69, 9.17) is 11.6 Å². The lowest BCUT2D eigenvalue weighted by molar-refractivity contribution is 0.274. The lowest BCUT2D eigenvalue weighted by Crippen LogP contribution is -2.37. The smallest absolute Gasteiger partial charge is 0.0432 e. The van der Waals surface area contributed by atoms with E-state index in [1.165, 1.54) is 60.9 Å². The quantitative estimate of drug-likeness (QED) is 0.417. The molecular formula is C27H38ClN. The fourth-order valence-corrected chi connectivity index (χ4v) is 5.29. The lowest BCUT2D eigenvalue weighted by Gasteiger charge is -2.39. The first kappa shape index (κ1) is 22.2. The molecule has 29 heavy (non-hydrogen) atoms. The van der Waals surface area contributed by atoms with Gasteiger partial charge in [0.1, 0.15) is 0 Å². The predicted octanol–water partition coefficient (Wildman–Crippen LogP) is 8.13. The Morgan fingerprint density at radius 2 is 1.90 bits per heavy atom. The molecule has 3 unspecified atom stereocenters. The van der Waals surface area contributed by atoms with Crippen LogP contribution in [0.5, 0.6) is 0 Å². The molecule has 1 saturated carbocycles. The minimum atomic E-state index is 0.599. The van der Waals surface area contributed by atoms with Crippen LogP contribution in [-0.4, -0.2) is 18.0 Å². The first-order valence-corrected chi connectivity index (χ1v) is 11.8.